The normalized spacial score (nSPS) is 18.2. The van der Waals surface area contributed by atoms with Crippen molar-refractivity contribution in [3.8, 4) is 22.8 Å². The zero-order valence-corrected chi connectivity index (χ0v) is 21.6. The Bertz CT molecular complexity index is 1250. The number of ether oxygens (including phenoxy) is 2. The zero-order chi connectivity index (χ0) is 26.5. The fourth-order valence-corrected chi connectivity index (χ4v) is 4.50. The number of amides is 2. The average Bonchev–Trinajstić information content (AvgIpc) is 2.94. The molecule has 1 aliphatic rings. The van der Waals surface area contributed by atoms with E-state index < -0.39 is 12.1 Å². The molecule has 8 heteroatoms. The van der Waals surface area contributed by atoms with Gasteiger partial charge in [0.25, 0.3) is 11.8 Å². The largest absolute Gasteiger partial charge is 0.496 e. The van der Waals surface area contributed by atoms with Crippen LogP contribution in [-0.2, 0) is 0 Å². The van der Waals surface area contributed by atoms with Crippen LogP contribution in [0.3, 0.4) is 0 Å². The fraction of sp³-hybridized carbons (Fsp3) is 0.345. The molecule has 0 aliphatic carbocycles. The minimum Gasteiger partial charge on any atom is -0.496 e. The molecule has 3 atom stereocenters. The lowest BCUT2D eigenvalue weighted by atomic mass is 9.98. The van der Waals surface area contributed by atoms with E-state index in [-0.39, 0.29) is 30.2 Å². The molecule has 2 heterocycles. The van der Waals surface area contributed by atoms with Crippen molar-refractivity contribution in [3.63, 3.8) is 0 Å². The predicted octanol–water partition coefficient (Wildman–Crippen LogP) is 3.75. The van der Waals surface area contributed by atoms with E-state index in [9.17, 15) is 14.7 Å². The number of aromatic nitrogens is 1. The molecule has 0 spiro atoms. The first kappa shape index (κ1) is 26.2. The molecule has 0 bridgehead atoms. The van der Waals surface area contributed by atoms with Crippen molar-refractivity contribution >= 4 is 11.8 Å². The highest BCUT2D eigenvalue weighted by molar-refractivity contribution is 5.98. The minimum atomic E-state index is -0.428. The van der Waals surface area contributed by atoms with Crippen LogP contribution in [0, 0.1) is 5.92 Å². The molecule has 1 aliphatic heterocycles. The number of para-hydroxylation sites is 1. The Hall–Kier alpha value is -3.91. The Morgan fingerprint density at radius 1 is 1.19 bits per heavy atom. The van der Waals surface area contributed by atoms with E-state index in [2.05, 4.69) is 4.98 Å². The molecule has 194 valence electrons. The van der Waals surface area contributed by atoms with Crippen LogP contribution in [0.4, 0.5) is 0 Å². The van der Waals surface area contributed by atoms with Crippen molar-refractivity contribution in [2.45, 2.75) is 26.0 Å². The number of carbonyl (C=O) groups excluding carboxylic acids is 2. The van der Waals surface area contributed by atoms with Gasteiger partial charge in [0.1, 0.15) is 17.4 Å². The smallest absolute Gasteiger partial charge is 0.259 e. The van der Waals surface area contributed by atoms with Crippen molar-refractivity contribution in [3.05, 3.63) is 78.0 Å². The lowest BCUT2D eigenvalue weighted by Gasteiger charge is -2.37. The highest BCUT2D eigenvalue weighted by atomic mass is 16.5. The summed E-state index contributed by atoms with van der Waals surface area (Å²) in [6, 6.07) is 18.0. The molecule has 0 saturated heterocycles. The molecule has 8 nitrogen and oxygen atoms in total. The number of hydrogen-bond acceptors (Lipinski definition) is 6. The first-order valence-electron chi connectivity index (χ1n) is 12.4. The number of benzene rings is 2. The van der Waals surface area contributed by atoms with Gasteiger partial charge in [-0.2, -0.15) is 0 Å². The number of methoxy groups -OCH3 is 1. The van der Waals surface area contributed by atoms with Crippen LogP contribution < -0.4 is 9.47 Å². The quantitative estimate of drug-likeness (QED) is 0.528. The molecular formula is C29H33N3O5. The number of likely N-dealkylation sites (N-methyl/N-ethyl adjacent to an activating group) is 1. The van der Waals surface area contributed by atoms with Gasteiger partial charge in [0.05, 0.1) is 26.3 Å². The van der Waals surface area contributed by atoms with Crippen LogP contribution >= 0.6 is 0 Å². The third-order valence-electron chi connectivity index (χ3n) is 6.76. The molecule has 2 amide bonds. The van der Waals surface area contributed by atoms with E-state index >= 15 is 0 Å². The van der Waals surface area contributed by atoms with Gasteiger partial charge in [0.15, 0.2) is 0 Å². The maximum atomic E-state index is 13.7. The van der Waals surface area contributed by atoms with Crippen LogP contribution in [0.2, 0.25) is 0 Å². The number of aliphatic hydroxyl groups excluding tert-OH is 1. The lowest BCUT2D eigenvalue weighted by molar-refractivity contribution is 0.0313. The Balaban J connectivity index is 1.71. The van der Waals surface area contributed by atoms with E-state index in [0.717, 1.165) is 5.56 Å². The van der Waals surface area contributed by atoms with Crippen LogP contribution in [0.15, 0.2) is 66.9 Å². The summed E-state index contributed by atoms with van der Waals surface area (Å²) in [7, 11) is 3.33. The summed E-state index contributed by atoms with van der Waals surface area (Å²) in [6.45, 7) is 4.27. The monoisotopic (exact) mass is 503 g/mol. The van der Waals surface area contributed by atoms with Gasteiger partial charge < -0.3 is 24.4 Å². The van der Waals surface area contributed by atoms with Gasteiger partial charge in [-0.1, -0.05) is 43.3 Å². The highest BCUT2D eigenvalue weighted by Gasteiger charge is 2.35. The summed E-state index contributed by atoms with van der Waals surface area (Å²) < 4.78 is 11.8. The summed E-state index contributed by atoms with van der Waals surface area (Å²) in [5.74, 6) is 0.356. The molecule has 0 fully saturated rings. The fourth-order valence-electron chi connectivity index (χ4n) is 4.50. The third kappa shape index (κ3) is 5.59. The second-order valence-electron chi connectivity index (χ2n) is 9.45. The average molecular weight is 504 g/mol. The van der Waals surface area contributed by atoms with E-state index in [4.69, 9.17) is 9.47 Å². The lowest BCUT2D eigenvalue weighted by Crippen LogP contribution is -2.50. The van der Waals surface area contributed by atoms with Crippen molar-refractivity contribution in [2.24, 2.45) is 5.92 Å². The first-order chi connectivity index (χ1) is 17.8. The third-order valence-corrected chi connectivity index (χ3v) is 6.76. The zero-order valence-electron chi connectivity index (χ0n) is 21.6. The van der Waals surface area contributed by atoms with E-state index in [1.165, 1.54) is 0 Å². The number of rotatable bonds is 7. The number of carbonyl (C=O) groups is 2. The molecule has 0 radical (unpaired) electrons. The Kier molecular flexibility index (Phi) is 8.08. The molecular weight excluding hydrogens is 470 g/mol. The first-order valence-corrected chi connectivity index (χ1v) is 12.4. The molecule has 1 N–H and O–H groups in total. The number of pyridine rings is 1. The summed E-state index contributed by atoms with van der Waals surface area (Å²) in [4.78, 5) is 34.5. The minimum absolute atomic E-state index is 0.116. The van der Waals surface area contributed by atoms with Gasteiger partial charge >= 0.3 is 0 Å². The van der Waals surface area contributed by atoms with Crippen molar-refractivity contribution in [1.29, 1.82) is 0 Å². The van der Waals surface area contributed by atoms with Crippen molar-refractivity contribution in [1.82, 2.24) is 14.8 Å². The highest BCUT2D eigenvalue weighted by Crippen LogP contribution is 2.34. The topological polar surface area (TPSA) is 92.2 Å². The summed E-state index contributed by atoms with van der Waals surface area (Å²) >= 11 is 0. The Morgan fingerprint density at radius 2 is 1.89 bits per heavy atom. The SMILES string of the molecule is COc1ccccc1-c1cnc2c(c1)C(=O)N([C@@H](C)CO)C[C@@H](C)[C@H](CN(C)C(=O)c1ccccc1)O2. The maximum Gasteiger partial charge on any atom is 0.259 e. The molecule has 3 aromatic rings. The number of nitrogens with zero attached hydrogens (tertiary/aromatic N) is 3. The molecule has 2 aromatic carbocycles. The van der Waals surface area contributed by atoms with Gasteiger partial charge in [-0.05, 0) is 31.2 Å². The van der Waals surface area contributed by atoms with Gasteiger partial charge in [0, 0.05) is 42.4 Å². The summed E-state index contributed by atoms with van der Waals surface area (Å²) in [6.07, 6.45) is 1.23. The van der Waals surface area contributed by atoms with Crippen molar-refractivity contribution < 1.29 is 24.2 Å². The summed E-state index contributed by atoms with van der Waals surface area (Å²) in [5, 5.41) is 9.90. The van der Waals surface area contributed by atoms with Gasteiger partial charge in [-0.3, -0.25) is 9.59 Å². The Morgan fingerprint density at radius 3 is 2.59 bits per heavy atom. The van der Waals surface area contributed by atoms with Crippen LogP contribution in [0.25, 0.3) is 11.1 Å². The van der Waals surface area contributed by atoms with Crippen LogP contribution in [-0.4, -0.2) is 77.7 Å². The predicted molar refractivity (Wildman–Crippen MR) is 141 cm³/mol. The van der Waals surface area contributed by atoms with E-state index in [1.54, 1.807) is 48.4 Å². The molecule has 0 saturated carbocycles. The number of fused-ring (bicyclic) bond motifs is 1. The van der Waals surface area contributed by atoms with Gasteiger partial charge in [0.2, 0.25) is 5.88 Å². The number of hydrogen-bond donors (Lipinski definition) is 1. The Labute approximate surface area is 217 Å². The summed E-state index contributed by atoms with van der Waals surface area (Å²) in [5.41, 5.74) is 2.41. The molecule has 37 heavy (non-hydrogen) atoms. The van der Waals surface area contributed by atoms with E-state index in [0.29, 0.717) is 35.5 Å². The van der Waals surface area contributed by atoms with Gasteiger partial charge in [-0.25, -0.2) is 4.98 Å². The van der Waals surface area contributed by atoms with Crippen molar-refractivity contribution in [2.75, 3.05) is 33.9 Å². The maximum absolute atomic E-state index is 13.7. The molecule has 1 aromatic heterocycles. The second-order valence-corrected chi connectivity index (χ2v) is 9.45. The number of aliphatic hydroxyl groups is 1. The van der Waals surface area contributed by atoms with Gasteiger partial charge in [-0.15, -0.1) is 0 Å². The van der Waals surface area contributed by atoms with Crippen LogP contribution in [0.5, 0.6) is 11.6 Å². The molecule has 4 rings (SSSR count). The molecule has 0 unspecified atom stereocenters. The standard InChI is InChI=1S/C29H33N3O5/c1-19-16-32(20(2)18-33)29(35)24-14-22(23-12-8-9-13-25(23)36-4)15-30-27(24)37-26(19)17-31(3)28(34)21-10-6-5-7-11-21/h5-15,19-20,26,33H,16-18H2,1-4H3/t19-,20+,26+/m1/s1. The van der Waals surface area contributed by atoms with Crippen LogP contribution in [0.1, 0.15) is 34.6 Å². The second kappa shape index (κ2) is 11.4. The van der Waals surface area contributed by atoms with E-state index in [1.807, 2.05) is 56.3 Å².